The third-order valence-corrected chi connectivity index (χ3v) is 2.45. The minimum atomic E-state index is -0.287. The van der Waals surface area contributed by atoms with E-state index in [-0.39, 0.29) is 11.9 Å². The van der Waals surface area contributed by atoms with Gasteiger partial charge >= 0.3 is 11.9 Å². The molecule has 0 aliphatic rings. The van der Waals surface area contributed by atoms with Crippen molar-refractivity contribution in [2.45, 2.75) is 33.3 Å². The van der Waals surface area contributed by atoms with E-state index in [1.807, 2.05) is 24.3 Å². The Morgan fingerprint density at radius 3 is 2.22 bits per heavy atom. The van der Waals surface area contributed by atoms with Crippen LogP contribution in [0.15, 0.2) is 24.3 Å². The molecule has 98 valence electrons. The molecule has 0 fully saturated rings. The molecule has 0 aromatic heterocycles. The zero-order valence-corrected chi connectivity index (χ0v) is 10.8. The molecule has 0 N–H and O–H groups in total. The van der Waals surface area contributed by atoms with Crippen molar-refractivity contribution >= 4 is 11.9 Å². The minimum Gasteiger partial charge on any atom is -0.466 e. The molecule has 1 aromatic carbocycles. The maximum Gasteiger partial charge on any atom is 0.302 e. The largest absolute Gasteiger partial charge is 0.466 e. The minimum absolute atomic E-state index is 0.261. The van der Waals surface area contributed by atoms with Gasteiger partial charge in [0.05, 0.1) is 6.61 Å². The van der Waals surface area contributed by atoms with Crippen LogP contribution in [0.3, 0.4) is 0 Å². The van der Waals surface area contributed by atoms with Crippen molar-refractivity contribution in [3.63, 3.8) is 0 Å². The van der Waals surface area contributed by atoms with Crippen LogP contribution < -0.4 is 0 Å². The number of ether oxygens (including phenoxy) is 2. The van der Waals surface area contributed by atoms with Crippen LogP contribution in [0, 0.1) is 0 Å². The Kier molecular flexibility index (Phi) is 5.91. The summed E-state index contributed by atoms with van der Waals surface area (Å²) in [5.74, 6) is -0.548. The number of hydrogen-bond donors (Lipinski definition) is 0. The van der Waals surface area contributed by atoms with Gasteiger partial charge in [-0.25, -0.2) is 0 Å². The van der Waals surface area contributed by atoms with Gasteiger partial charge in [-0.2, -0.15) is 0 Å². The number of benzene rings is 1. The van der Waals surface area contributed by atoms with Crippen molar-refractivity contribution in [3.05, 3.63) is 35.4 Å². The number of hydrogen-bond acceptors (Lipinski definition) is 4. The van der Waals surface area contributed by atoms with Gasteiger partial charge in [0.2, 0.25) is 0 Å². The van der Waals surface area contributed by atoms with Gasteiger partial charge in [-0.05, 0) is 24.0 Å². The molecule has 18 heavy (non-hydrogen) atoms. The second kappa shape index (κ2) is 7.48. The summed E-state index contributed by atoms with van der Waals surface area (Å²) < 4.78 is 9.87. The second-order valence-electron chi connectivity index (χ2n) is 3.99. The van der Waals surface area contributed by atoms with Gasteiger partial charge in [0.25, 0.3) is 0 Å². The highest BCUT2D eigenvalue weighted by molar-refractivity contribution is 5.66. The molecule has 0 aliphatic heterocycles. The van der Waals surface area contributed by atoms with Crippen molar-refractivity contribution in [3.8, 4) is 0 Å². The molecule has 0 unspecified atom stereocenters. The van der Waals surface area contributed by atoms with Gasteiger partial charge in [-0.15, -0.1) is 0 Å². The van der Waals surface area contributed by atoms with Crippen molar-refractivity contribution in [2.24, 2.45) is 0 Å². The molecule has 4 heteroatoms. The highest BCUT2D eigenvalue weighted by Crippen LogP contribution is 2.12. The van der Waals surface area contributed by atoms with Gasteiger partial charge in [0.1, 0.15) is 6.61 Å². The third-order valence-electron chi connectivity index (χ3n) is 2.45. The van der Waals surface area contributed by atoms with Crippen LogP contribution in [0.25, 0.3) is 0 Å². The van der Waals surface area contributed by atoms with Crippen LogP contribution >= 0.6 is 0 Å². The van der Waals surface area contributed by atoms with Crippen LogP contribution in [0.2, 0.25) is 0 Å². The summed E-state index contributed by atoms with van der Waals surface area (Å²) in [5.41, 5.74) is 2.11. The Bertz CT molecular complexity index is 412. The Hall–Kier alpha value is -1.84. The van der Waals surface area contributed by atoms with E-state index in [9.17, 15) is 9.59 Å². The molecular weight excluding hydrogens is 232 g/mol. The van der Waals surface area contributed by atoms with Crippen molar-refractivity contribution in [1.29, 1.82) is 0 Å². The fourth-order valence-corrected chi connectivity index (χ4v) is 1.60. The first-order chi connectivity index (χ1) is 8.59. The Balaban J connectivity index is 2.48. The molecule has 0 aliphatic carbocycles. The average Bonchev–Trinajstić information content (AvgIpc) is 2.33. The number of aryl methyl sites for hydroxylation is 1. The average molecular weight is 250 g/mol. The molecule has 0 saturated carbocycles. The summed E-state index contributed by atoms with van der Waals surface area (Å²) in [4.78, 5) is 21.4. The van der Waals surface area contributed by atoms with E-state index < -0.39 is 0 Å². The Labute approximate surface area is 107 Å². The van der Waals surface area contributed by atoms with E-state index in [0.29, 0.717) is 13.2 Å². The van der Waals surface area contributed by atoms with Crippen molar-refractivity contribution in [1.82, 2.24) is 0 Å². The normalized spacial score (nSPS) is 9.89. The summed E-state index contributed by atoms with van der Waals surface area (Å²) in [6, 6.07) is 7.78. The van der Waals surface area contributed by atoms with Gasteiger partial charge in [-0.3, -0.25) is 9.59 Å². The molecule has 0 spiro atoms. The number of carbonyl (C=O) groups excluding carboxylic acids is 2. The van der Waals surface area contributed by atoms with Gasteiger partial charge in [0.15, 0.2) is 0 Å². The quantitative estimate of drug-likeness (QED) is 0.574. The third kappa shape index (κ3) is 5.48. The molecule has 1 rings (SSSR count). The van der Waals surface area contributed by atoms with E-state index in [1.165, 1.54) is 13.8 Å². The monoisotopic (exact) mass is 250 g/mol. The van der Waals surface area contributed by atoms with Crippen LogP contribution in [0.4, 0.5) is 0 Å². The zero-order chi connectivity index (χ0) is 13.4. The molecule has 0 radical (unpaired) electrons. The highest BCUT2D eigenvalue weighted by atomic mass is 16.5. The summed E-state index contributed by atoms with van der Waals surface area (Å²) in [6.45, 7) is 3.49. The Morgan fingerprint density at radius 2 is 1.61 bits per heavy atom. The fraction of sp³-hybridized carbons (Fsp3) is 0.429. The number of rotatable bonds is 6. The number of carbonyl (C=O) groups is 2. The summed E-state index contributed by atoms with van der Waals surface area (Å²) in [6.07, 6.45) is 1.56. The maximum absolute atomic E-state index is 10.8. The van der Waals surface area contributed by atoms with Gasteiger partial charge in [-0.1, -0.05) is 24.3 Å². The van der Waals surface area contributed by atoms with Crippen LogP contribution in [0.1, 0.15) is 31.4 Å². The first kappa shape index (κ1) is 14.2. The molecule has 0 atom stereocenters. The van der Waals surface area contributed by atoms with Crippen LogP contribution in [-0.4, -0.2) is 18.5 Å². The zero-order valence-electron chi connectivity index (χ0n) is 10.8. The predicted octanol–water partition coefficient (Wildman–Crippen LogP) is 2.25. The van der Waals surface area contributed by atoms with Gasteiger partial charge in [0, 0.05) is 13.8 Å². The van der Waals surface area contributed by atoms with Crippen molar-refractivity contribution < 1.29 is 19.1 Å². The Morgan fingerprint density at radius 1 is 1.00 bits per heavy atom. The predicted molar refractivity (Wildman–Crippen MR) is 66.9 cm³/mol. The number of esters is 2. The molecule has 0 amide bonds. The highest BCUT2D eigenvalue weighted by Gasteiger charge is 2.04. The van der Waals surface area contributed by atoms with Crippen LogP contribution in [0.5, 0.6) is 0 Å². The summed E-state index contributed by atoms with van der Waals surface area (Å²) in [7, 11) is 0. The maximum atomic E-state index is 10.8. The molecule has 0 heterocycles. The van der Waals surface area contributed by atoms with E-state index in [1.54, 1.807) is 0 Å². The fourth-order valence-electron chi connectivity index (χ4n) is 1.60. The standard InChI is InChI=1S/C14H18O4/c1-11(15)17-9-5-8-13-6-3-4-7-14(13)10-18-12(2)16/h3-4,6-7H,5,8-10H2,1-2H3. The van der Waals surface area contributed by atoms with Crippen LogP contribution in [-0.2, 0) is 32.1 Å². The molecule has 0 bridgehead atoms. The topological polar surface area (TPSA) is 52.6 Å². The molecule has 0 saturated heterocycles. The van der Waals surface area contributed by atoms with E-state index in [4.69, 9.17) is 9.47 Å². The molecule has 4 nitrogen and oxygen atoms in total. The van der Waals surface area contributed by atoms with E-state index in [0.717, 1.165) is 24.0 Å². The van der Waals surface area contributed by atoms with Gasteiger partial charge < -0.3 is 9.47 Å². The lowest BCUT2D eigenvalue weighted by Crippen LogP contribution is -2.04. The first-order valence-electron chi connectivity index (χ1n) is 5.93. The molecular formula is C14H18O4. The smallest absolute Gasteiger partial charge is 0.302 e. The lowest BCUT2D eigenvalue weighted by atomic mass is 10.0. The lowest BCUT2D eigenvalue weighted by Gasteiger charge is -2.09. The second-order valence-corrected chi connectivity index (χ2v) is 3.99. The van der Waals surface area contributed by atoms with Crippen molar-refractivity contribution in [2.75, 3.05) is 6.61 Å². The first-order valence-corrected chi connectivity index (χ1v) is 5.93. The van der Waals surface area contributed by atoms with E-state index >= 15 is 0 Å². The lowest BCUT2D eigenvalue weighted by molar-refractivity contribution is -0.142. The molecule has 1 aromatic rings. The summed E-state index contributed by atoms with van der Waals surface area (Å²) >= 11 is 0. The van der Waals surface area contributed by atoms with E-state index in [2.05, 4.69) is 0 Å². The summed E-state index contributed by atoms with van der Waals surface area (Å²) in [5, 5.41) is 0. The SMILES string of the molecule is CC(=O)OCCCc1ccccc1COC(C)=O.